The van der Waals surface area contributed by atoms with E-state index in [2.05, 4.69) is 20.4 Å². The Morgan fingerprint density at radius 2 is 2.32 bits per heavy atom. The summed E-state index contributed by atoms with van der Waals surface area (Å²) in [5, 5.41) is 7.33. The quantitative estimate of drug-likeness (QED) is 0.665. The molecule has 128 valence electrons. The van der Waals surface area contributed by atoms with Crippen LogP contribution in [-0.4, -0.2) is 32.5 Å². The summed E-state index contributed by atoms with van der Waals surface area (Å²) in [5.74, 6) is 1.89. The summed E-state index contributed by atoms with van der Waals surface area (Å²) in [7, 11) is 1.55. The standard InChI is InChI=1S/C17H18N6O2/c1-25-17-12(3-2-6-19-17)21-15-8-14(18)23-16(22-15)11(9-20-23)13(24)7-10-4-5-10/h2-3,6,8-10H,4-5,7,18H2,1H3,(H,21,22). The smallest absolute Gasteiger partial charge is 0.237 e. The van der Waals surface area contributed by atoms with Gasteiger partial charge in [-0.25, -0.2) is 9.97 Å². The largest absolute Gasteiger partial charge is 0.480 e. The lowest BCUT2D eigenvalue weighted by Gasteiger charge is -2.10. The number of aromatic nitrogens is 4. The molecule has 1 aliphatic carbocycles. The van der Waals surface area contributed by atoms with E-state index in [0.717, 1.165) is 12.8 Å². The molecule has 0 aromatic carbocycles. The number of hydrogen-bond donors (Lipinski definition) is 2. The molecule has 3 aromatic heterocycles. The number of ketones is 1. The fourth-order valence-corrected chi connectivity index (χ4v) is 2.73. The van der Waals surface area contributed by atoms with Gasteiger partial charge in [-0.3, -0.25) is 4.79 Å². The van der Waals surface area contributed by atoms with Gasteiger partial charge in [0, 0.05) is 18.7 Å². The van der Waals surface area contributed by atoms with Crippen LogP contribution in [0.4, 0.5) is 17.3 Å². The number of methoxy groups -OCH3 is 1. The maximum atomic E-state index is 12.5. The summed E-state index contributed by atoms with van der Waals surface area (Å²) in [6.45, 7) is 0. The first-order valence-electron chi connectivity index (χ1n) is 8.09. The third-order valence-electron chi connectivity index (χ3n) is 4.20. The fourth-order valence-electron chi connectivity index (χ4n) is 2.73. The van der Waals surface area contributed by atoms with Gasteiger partial charge in [-0.2, -0.15) is 9.61 Å². The normalized spacial score (nSPS) is 13.8. The number of ether oxygens (including phenoxy) is 1. The molecule has 4 rings (SSSR count). The lowest BCUT2D eigenvalue weighted by molar-refractivity contribution is 0.0977. The molecule has 0 aliphatic heterocycles. The van der Waals surface area contributed by atoms with Crippen molar-refractivity contribution < 1.29 is 9.53 Å². The predicted molar refractivity (Wildman–Crippen MR) is 93.1 cm³/mol. The maximum absolute atomic E-state index is 12.5. The Morgan fingerprint density at radius 1 is 1.48 bits per heavy atom. The van der Waals surface area contributed by atoms with Crippen molar-refractivity contribution in [3.8, 4) is 5.88 Å². The average Bonchev–Trinajstić information content (AvgIpc) is 3.31. The minimum absolute atomic E-state index is 0.0560. The van der Waals surface area contributed by atoms with Crippen LogP contribution in [0.25, 0.3) is 5.65 Å². The number of carbonyl (C=O) groups is 1. The van der Waals surface area contributed by atoms with E-state index in [1.54, 1.807) is 25.4 Å². The number of pyridine rings is 1. The summed E-state index contributed by atoms with van der Waals surface area (Å²) in [6.07, 6.45) is 5.96. The lowest BCUT2D eigenvalue weighted by Crippen LogP contribution is -2.06. The topological polar surface area (TPSA) is 107 Å². The second-order valence-electron chi connectivity index (χ2n) is 6.12. The van der Waals surface area contributed by atoms with E-state index < -0.39 is 0 Å². The minimum Gasteiger partial charge on any atom is -0.480 e. The highest BCUT2D eigenvalue weighted by atomic mass is 16.5. The van der Waals surface area contributed by atoms with Crippen LogP contribution in [0.15, 0.2) is 30.6 Å². The van der Waals surface area contributed by atoms with Crippen molar-refractivity contribution in [3.05, 3.63) is 36.2 Å². The number of carbonyl (C=O) groups excluding carboxylic acids is 1. The molecule has 3 aromatic rings. The SMILES string of the molecule is COc1ncccc1Nc1cc(N)n2ncc(C(=O)CC3CC3)c2n1. The molecule has 1 fully saturated rings. The number of fused-ring (bicyclic) bond motifs is 1. The Labute approximate surface area is 144 Å². The molecule has 0 amide bonds. The highest BCUT2D eigenvalue weighted by Gasteiger charge is 2.27. The van der Waals surface area contributed by atoms with E-state index in [9.17, 15) is 4.79 Å². The molecule has 3 N–H and O–H groups in total. The zero-order valence-corrected chi connectivity index (χ0v) is 13.8. The van der Waals surface area contributed by atoms with E-state index in [0.29, 0.717) is 46.8 Å². The van der Waals surface area contributed by atoms with Crippen molar-refractivity contribution >= 4 is 28.8 Å². The zero-order chi connectivity index (χ0) is 17.4. The van der Waals surface area contributed by atoms with Gasteiger partial charge in [-0.15, -0.1) is 0 Å². The number of nitrogens with one attached hydrogen (secondary N) is 1. The number of hydrogen-bond acceptors (Lipinski definition) is 7. The van der Waals surface area contributed by atoms with Crippen LogP contribution in [0.3, 0.4) is 0 Å². The molecule has 0 unspecified atom stereocenters. The monoisotopic (exact) mass is 338 g/mol. The van der Waals surface area contributed by atoms with Gasteiger partial charge in [0.25, 0.3) is 0 Å². The van der Waals surface area contributed by atoms with E-state index in [4.69, 9.17) is 10.5 Å². The average molecular weight is 338 g/mol. The first kappa shape index (κ1) is 15.4. The number of anilines is 3. The molecule has 1 aliphatic rings. The third kappa shape index (κ3) is 2.98. The summed E-state index contributed by atoms with van der Waals surface area (Å²) < 4.78 is 6.71. The van der Waals surface area contributed by atoms with Gasteiger partial charge in [0.1, 0.15) is 17.3 Å². The Morgan fingerprint density at radius 3 is 3.08 bits per heavy atom. The van der Waals surface area contributed by atoms with Crippen molar-refractivity contribution in [2.75, 3.05) is 18.2 Å². The van der Waals surface area contributed by atoms with Crippen LogP contribution in [0.2, 0.25) is 0 Å². The molecule has 1 saturated carbocycles. The summed E-state index contributed by atoms with van der Waals surface area (Å²) >= 11 is 0. The molecule has 25 heavy (non-hydrogen) atoms. The number of rotatable bonds is 6. The van der Waals surface area contributed by atoms with Gasteiger partial charge in [-0.1, -0.05) is 0 Å². The van der Waals surface area contributed by atoms with Crippen LogP contribution in [0, 0.1) is 5.92 Å². The summed E-state index contributed by atoms with van der Waals surface area (Å²) in [6, 6.07) is 5.27. The van der Waals surface area contributed by atoms with E-state index in [1.807, 2.05) is 6.07 Å². The molecule has 8 heteroatoms. The molecule has 0 spiro atoms. The van der Waals surface area contributed by atoms with Crippen molar-refractivity contribution in [1.29, 1.82) is 0 Å². The second-order valence-corrected chi connectivity index (χ2v) is 6.12. The zero-order valence-electron chi connectivity index (χ0n) is 13.8. The van der Waals surface area contributed by atoms with Crippen molar-refractivity contribution in [2.24, 2.45) is 5.92 Å². The number of Topliss-reactive ketones (excluding diaryl/α,β-unsaturated/α-hetero) is 1. The summed E-state index contributed by atoms with van der Waals surface area (Å²) in [4.78, 5) is 21.1. The van der Waals surface area contributed by atoms with Gasteiger partial charge in [0.05, 0.1) is 18.9 Å². The van der Waals surface area contributed by atoms with E-state index in [1.165, 1.54) is 10.7 Å². The molecule has 0 radical (unpaired) electrons. The molecule has 8 nitrogen and oxygen atoms in total. The van der Waals surface area contributed by atoms with Gasteiger partial charge in [0.15, 0.2) is 11.4 Å². The lowest BCUT2D eigenvalue weighted by atomic mass is 10.1. The summed E-state index contributed by atoms with van der Waals surface area (Å²) in [5.41, 5.74) is 7.68. The predicted octanol–water partition coefficient (Wildman–Crippen LogP) is 2.44. The van der Waals surface area contributed by atoms with E-state index in [-0.39, 0.29) is 5.78 Å². The third-order valence-corrected chi connectivity index (χ3v) is 4.20. The molecule has 0 saturated heterocycles. The van der Waals surface area contributed by atoms with Crippen LogP contribution in [0.5, 0.6) is 5.88 Å². The van der Waals surface area contributed by atoms with Crippen LogP contribution in [0.1, 0.15) is 29.6 Å². The Bertz CT molecular complexity index is 947. The fraction of sp³-hybridized carbons (Fsp3) is 0.294. The Hall–Kier alpha value is -3.16. The van der Waals surface area contributed by atoms with Crippen molar-refractivity contribution in [3.63, 3.8) is 0 Å². The first-order valence-corrected chi connectivity index (χ1v) is 8.09. The highest BCUT2D eigenvalue weighted by molar-refractivity contribution is 6.01. The Kier molecular flexibility index (Phi) is 3.72. The molecule has 3 heterocycles. The maximum Gasteiger partial charge on any atom is 0.237 e. The van der Waals surface area contributed by atoms with Crippen LogP contribution >= 0.6 is 0 Å². The van der Waals surface area contributed by atoms with Crippen molar-refractivity contribution in [1.82, 2.24) is 19.6 Å². The highest BCUT2D eigenvalue weighted by Crippen LogP contribution is 2.34. The van der Waals surface area contributed by atoms with Gasteiger partial charge < -0.3 is 15.8 Å². The Balaban J connectivity index is 1.71. The first-order chi connectivity index (χ1) is 12.2. The van der Waals surface area contributed by atoms with Gasteiger partial charge >= 0.3 is 0 Å². The number of nitrogens with two attached hydrogens (primary N) is 1. The number of nitrogens with zero attached hydrogens (tertiary/aromatic N) is 4. The molecule has 0 atom stereocenters. The minimum atomic E-state index is 0.0560. The van der Waals surface area contributed by atoms with Crippen molar-refractivity contribution in [2.45, 2.75) is 19.3 Å². The van der Waals surface area contributed by atoms with E-state index >= 15 is 0 Å². The molecule has 0 bridgehead atoms. The molecular formula is C17H18N6O2. The van der Waals surface area contributed by atoms with Gasteiger partial charge in [-0.05, 0) is 30.9 Å². The van der Waals surface area contributed by atoms with Gasteiger partial charge in [0.2, 0.25) is 5.88 Å². The second kappa shape index (κ2) is 6.04. The molecular weight excluding hydrogens is 320 g/mol. The van der Waals surface area contributed by atoms with Crippen LogP contribution < -0.4 is 15.8 Å². The number of nitrogen functional groups attached to an aromatic ring is 1. The van der Waals surface area contributed by atoms with Crippen LogP contribution in [-0.2, 0) is 0 Å².